The molecule has 2 N–H and O–H groups in total. The number of ether oxygens (including phenoxy) is 1. The van der Waals surface area contributed by atoms with Gasteiger partial charge in [0.15, 0.2) is 0 Å². The highest BCUT2D eigenvalue weighted by Gasteiger charge is 2.29. The Morgan fingerprint density at radius 3 is 2.70 bits per heavy atom. The van der Waals surface area contributed by atoms with Gasteiger partial charge in [-0.05, 0) is 51.5 Å². The van der Waals surface area contributed by atoms with Gasteiger partial charge < -0.3 is 15.4 Å². The molecule has 0 bridgehead atoms. The molecule has 1 amide bonds. The number of piperazine rings is 1. The Morgan fingerprint density at radius 2 is 2.09 bits per heavy atom. The van der Waals surface area contributed by atoms with Gasteiger partial charge in [-0.25, -0.2) is 4.79 Å². The minimum atomic E-state index is -0.466. The van der Waals surface area contributed by atoms with E-state index in [9.17, 15) is 4.79 Å². The molecule has 6 heteroatoms. The van der Waals surface area contributed by atoms with E-state index < -0.39 is 5.60 Å². The van der Waals surface area contributed by atoms with Crippen LogP contribution in [-0.2, 0) is 11.3 Å². The third-order valence-corrected chi connectivity index (χ3v) is 4.23. The fourth-order valence-electron chi connectivity index (χ4n) is 2.66. The van der Waals surface area contributed by atoms with E-state index in [0.29, 0.717) is 18.8 Å². The van der Waals surface area contributed by atoms with Crippen molar-refractivity contribution in [2.45, 2.75) is 45.9 Å². The van der Waals surface area contributed by atoms with Crippen molar-refractivity contribution < 1.29 is 9.53 Å². The molecule has 1 heterocycles. The predicted molar refractivity (Wildman–Crippen MR) is 93.5 cm³/mol. The van der Waals surface area contributed by atoms with Crippen LogP contribution in [0.15, 0.2) is 18.2 Å². The van der Waals surface area contributed by atoms with Crippen molar-refractivity contribution in [3.63, 3.8) is 0 Å². The molecule has 0 aliphatic carbocycles. The summed E-state index contributed by atoms with van der Waals surface area (Å²) in [5, 5.41) is 0.723. The highest BCUT2D eigenvalue weighted by atomic mass is 35.5. The number of anilines is 1. The molecule has 0 radical (unpaired) electrons. The highest BCUT2D eigenvalue weighted by molar-refractivity contribution is 6.31. The Kier molecular flexibility index (Phi) is 5.42. The zero-order chi connectivity index (χ0) is 17.2. The van der Waals surface area contributed by atoms with Gasteiger partial charge in [-0.1, -0.05) is 11.6 Å². The van der Waals surface area contributed by atoms with Crippen molar-refractivity contribution in [1.82, 2.24) is 9.80 Å². The van der Waals surface area contributed by atoms with E-state index in [1.54, 1.807) is 11.0 Å². The molecule has 1 aliphatic rings. The Balaban J connectivity index is 1.96. The van der Waals surface area contributed by atoms with E-state index in [1.165, 1.54) is 0 Å². The topological polar surface area (TPSA) is 58.8 Å². The lowest BCUT2D eigenvalue weighted by atomic mass is 10.1. The third-order valence-electron chi connectivity index (χ3n) is 3.86. The van der Waals surface area contributed by atoms with Crippen LogP contribution in [-0.4, -0.2) is 47.2 Å². The lowest BCUT2D eigenvalue weighted by molar-refractivity contribution is 0.00462. The Morgan fingerprint density at radius 1 is 1.39 bits per heavy atom. The molecule has 1 aromatic carbocycles. The molecule has 1 fully saturated rings. The van der Waals surface area contributed by atoms with E-state index in [4.69, 9.17) is 22.1 Å². The summed E-state index contributed by atoms with van der Waals surface area (Å²) in [4.78, 5) is 16.2. The number of nitrogens with two attached hydrogens (primary N) is 1. The van der Waals surface area contributed by atoms with Crippen molar-refractivity contribution >= 4 is 23.4 Å². The highest BCUT2D eigenvalue weighted by Crippen LogP contribution is 2.23. The van der Waals surface area contributed by atoms with Crippen LogP contribution in [0.2, 0.25) is 5.02 Å². The van der Waals surface area contributed by atoms with Crippen LogP contribution in [0.3, 0.4) is 0 Å². The molecule has 128 valence electrons. The van der Waals surface area contributed by atoms with Crippen molar-refractivity contribution in [2.24, 2.45) is 0 Å². The van der Waals surface area contributed by atoms with Crippen molar-refractivity contribution in [3.8, 4) is 0 Å². The van der Waals surface area contributed by atoms with Crippen LogP contribution >= 0.6 is 11.6 Å². The lowest BCUT2D eigenvalue weighted by Gasteiger charge is -2.40. The molecular formula is C17H26ClN3O2. The standard InChI is InChI=1S/C17H26ClN3O2/c1-12-10-21(16(22)23-17(2,3)4)8-7-20(12)11-13-9-14(19)5-6-15(13)18/h5-6,9,12H,7-8,10-11,19H2,1-4H3/t12-/m0/s1. The molecule has 5 nitrogen and oxygen atoms in total. The van der Waals surface area contributed by atoms with Crippen LogP contribution < -0.4 is 5.73 Å². The zero-order valence-electron chi connectivity index (χ0n) is 14.3. The van der Waals surface area contributed by atoms with Crippen molar-refractivity contribution in [1.29, 1.82) is 0 Å². The zero-order valence-corrected chi connectivity index (χ0v) is 15.1. The molecule has 0 saturated carbocycles. The minimum Gasteiger partial charge on any atom is -0.444 e. The second-order valence-corrected chi connectivity index (χ2v) is 7.50. The largest absolute Gasteiger partial charge is 0.444 e. The average molecular weight is 340 g/mol. The van der Waals surface area contributed by atoms with Gasteiger partial charge in [0.1, 0.15) is 5.60 Å². The molecule has 0 unspecified atom stereocenters. The van der Waals surface area contributed by atoms with Crippen LogP contribution in [0.5, 0.6) is 0 Å². The number of hydrogen-bond acceptors (Lipinski definition) is 4. The molecule has 1 atom stereocenters. The Bertz CT molecular complexity index is 571. The summed E-state index contributed by atoms with van der Waals surface area (Å²) >= 11 is 6.25. The van der Waals surface area contributed by atoms with Gasteiger partial charge >= 0.3 is 6.09 Å². The Hall–Kier alpha value is -1.46. The van der Waals surface area contributed by atoms with Gasteiger partial charge in [-0.3, -0.25) is 4.90 Å². The summed E-state index contributed by atoms with van der Waals surface area (Å²) in [6, 6.07) is 5.77. The third kappa shape index (κ3) is 5.01. The first-order chi connectivity index (χ1) is 10.7. The van der Waals surface area contributed by atoms with Crippen LogP contribution in [0.4, 0.5) is 10.5 Å². The normalized spacial score (nSPS) is 19.7. The van der Waals surface area contributed by atoms with E-state index in [2.05, 4.69) is 11.8 Å². The molecule has 1 aromatic rings. The summed E-state index contributed by atoms with van der Waals surface area (Å²) in [7, 11) is 0. The number of carbonyl (C=O) groups excluding carboxylic acids is 1. The number of benzene rings is 1. The monoisotopic (exact) mass is 339 g/mol. The fourth-order valence-corrected chi connectivity index (χ4v) is 2.83. The van der Waals surface area contributed by atoms with Gasteiger partial charge in [0.05, 0.1) is 0 Å². The summed E-state index contributed by atoms with van der Waals surface area (Å²) < 4.78 is 5.44. The number of rotatable bonds is 2. The first-order valence-corrected chi connectivity index (χ1v) is 8.29. The number of amides is 1. The molecule has 1 aliphatic heterocycles. The number of halogens is 1. The smallest absolute Gasteiger partial charge is 0.410 e. The second kappa shape index (κ2) is 6.97. The average Bonchev–Trinajstić information content (AvgIpc) is 2.43. The summed E-state index contributed by atoms with van der Waals surface area (Å²) in [6.07, 6.45) is -0.244. The maximum atomic E-state index is 12.2. The quantitative estimate of drug-likeness (QED) is 0.839. The number of hydrogen-bond donors (Lipinski definition) is 1. The van der Waals surface area contributed by atoms with Crippen LogP contribution in [0, 0.1) is 0 Å². The lowest BCUT2D eigenvalue weighted by Crippen LogP contribution is -2.54. The van der Waals surface area contributed by atoms with Gasteiger partial charge in [0, 0.05) is 42.9 Å². The maximum absolute atomic E-state index is 12.2. The molecule has 0 spiro atoms. The summed E-state index contributed by atoms with van der Waals surface area (Å²) in [6.45, 7) is 10.6. The van der Waals surface area contributed by atoms with E-state index in [0.717, 1.165) is 23.7 Å². The number of nitrogen functional groups attached to an aromatic ring is 1. The number of nitrogens with zero attached hydrogens (tertiary/aromatic N) is 2. The Labute approximate surface area is 143 Å². The minimum absolute atomic E-state index is 0.230. The fraction of sp³-hybridized carbons (Fsp3) is 0.588. The van der Waals surface area contributed by atoms with E-state index >= 15 is 0 Å². The first kappa shape index (κ1) is 17.9. The van der Waals surface area contributed by atoms with Gasteiger partial charge in [0.2, 0.25) is 0 Å². The molecule has 0 aromatic heterocycles. The maximum Gasteiger partial charge on any atom is 0.410 e. The molecule has 23 heavy (non-hydrogen) atoms. The van der Waals surface area contributed by atoms with Crippen LogP contribution in [0.25, 0.3) is 0 Å². The first-order valence-electron chi connectivity index (χ1n) is 7.91. The van der Waals surface area contributed by atoms with Crippen molar-refractivity contribution in [3.05, 3.63) is 28.8 Å². The molecular weight excluding hydrogens is 314 g/mol. The van der Waals surface area contributed by atoms with E-state index in [1.807, 2.05) is 32.9 Å². The predicted octanol–water partition coefficient (Wildman–Crippen LogP) is 3.36. The van der Waals surface area contributed by atoms with Gasteiger partial charge in [-0.2, -0.15) is 0 Å². The molecule has 2 rings (SSSR count). The van der Waals surface area contributed by atoms with E-state index in [-0.39, 0.29) is 12.1 Å². The van der Waals surface area contributed by atoms with Crippen LogP contribution in [0.1, 0.15) is 33.3 Å². The summed E-state index contributed by atoms with van der Waals surface area (Å²) in [5.41, 5.74) is 7.11. The number of carbonyl (C=O) groups is 1. The van der Waals surface area contributed by atoms with Gasteiger partial charge in [0.25, 0.3) is 0 Å². The summed E-state index contributed by atoms with van der Waals surface area (Å²) in [5.74, 6) is 0. The van der Waals surface area contributed by atoms with Gasteiger partial charge in [-0.15, -0.1) is 0 Å². The second-order valence-electron chi connectivity index (χ2n) is 7.10. The SMILES string of the molecule is C[C@H]1CN(C(=O)OC(C)(C)C)CCN1Cc1cc(N)ccc1Cl. The van der Waals surface area contributed by atoms with Crippen molar-refractivity contribution in [2.75, 3.05) is 25.4 Å². The molecule has 1 saturated heterocycles.